The van der Waals surface area contributed by atoms with Gasteiger partial charge in [-0.2, -0.15) is 0 Å². The molecule has 0 fully saturated rings. The molecule has 2 atom stereocenters. The predicted octanol–water partition coefficient (Wildman–Crippen LogP) is 1.80. The van der Waals surface area contributed by atoms with Crippen LogP contribution in [0.5, 0.6) is 0 Å². The number of aliphatic hydroxyl groups excluding tert-OH is 1. The van der Waals surface area contributed by atoms with Crippen molar-refractivity contribution >= 4 is 11.3 Å². The van der Waals surface area contributed by atoms with Crippen LogP contribution in [-0.2, 0) is 6.42 Å². The number of nitrogens with zero attached hydrogens (tertiary/aromatic N) is 1. The van der Waals surface area contributed by atoms with Crippen molar-refractivity contribution in [2.24, 2.45) is 0 Å². The minimum absolute atomic E-state index is 0.170. The molecular formula is C11H18N2OS. The highest BCUT2D eigenvalue weighted by atomic mass is 32.1. The molecule has 1 unspecified atom stereocenters. The average Bonchev–Trinajstić information content (AvgIpc) is 2.59. The number of hydrogen-bond acceptors (Lipinski definition) is 4. The van der Waals surface area contributed by atoms with Crippen LogP contribution in [0.3, 0.4) is 0 Å². The minimum atomic E-state index is 0.170. The Morgan fingerprint density at radius 1 is 1.67 bits per heavy atom. The minimum Gasteiger partial charge on any atom is -0.395 e. The van der Waals surface area contributed by atoms with Gasteiger partial charge in [-0.25, -0.2) is 4.98 Å². The molecule has 15 heavy (non-hydrogen) atoms. The van der Waals surface area contributed by atoms with Crippen LogP contribution in [0.1, 0.15) is 41.4 Å². The first-order valence-corrected chi connectivity index (χ1v) is 6.35. The zero-order valence-corrected chi connectivity index (χ0v) is 10.1. The van der Waals surface area contributed by atoms with Gasteiger partial charge in [-0.15, -0.1) is 11.3 Å². The normalized spacial score (nSPS) is 22.5. The van der Waals surface area contributed by atoms with Gasteiger partial charge in [0.05, 0.1) is 17.3 Å². The van der Waals surface area contributed by atoms with E-state index in [0.717, 1.165) is 11.4 Å². The molecular weight excluding hydrogens is 208 g/mol. The molecule has 84 valence electrons. The molecule has 4 heteroatoms. The highest BCUT2D eigenvalue weighted by molar-refractivity contribution is 7.11. The molecule has 1 aliphatic rings. The Bertz CT molecular complexity index is 337. The summed E-state index contributed by atoms with van der Waals surface area (Å²) >= 11 is 1.80. The van der Waals surface area contributed by atoms with Gasteiger partial charge in [0.15, 0.2) is 0 Å². The van der Waals surface area contributed by atoms with Gasteiger partial charge in [0.2, 0.25) is 0 Å². The zero-order chi connectivity index (χ0) is 10.8. The molecule has 1 aliphatic carbocycles. The lowest BCUT2D eigenvalue weighted by Crippen LogP contribution is -2.34. The van der Waals surface area contributed by atoms with Crippen LogP contribution in [0.2, 0.25) is 0 Å². The van der Waals surface area contributed by atoms with E-state index in [-0.39, 0.29) is 12.6 Å². The largest absolute Gasteiger partial charge is 0.395 e. The average molecular weight is 226 g/mol. The van der Waals surface area contributed by atoms with Crippen LogP contribution in [0, 0.1) is 6.92 Å². The van der Waals surface area contributed by atoms with Crippen LogP contribution in [0.15, 0.2) is 0 Å². The Hall–Kier alpha value is -0.450. The summed E-state index contributed by atoms with van der Waals surface area (Å²) < 4.78 is 0. The highest BCUT2D eigenvalue weighted by Gasteiger charge is 2.24. The third kappa shape index (κ3) is 2.38. The van der Waals surface area contributed by atoms with Crippen LogP contribution in [0.4, 0.5) is 0 Å². The lowest BCUT2D eigenvalue weighted by Gasteiger charge is -2.25. The smallest absolute Gasteiger partial charge is 0.0900 e. The maximum atomic E-state index is 9.04. The Morgan fingerprint density at radius 2 is 2.47 bits per heavy atom. The third-order valence-corrected chi connectivity index (χ3v) is 3.94. The van der Waals surface area contributed by atoms with Gasteiger partial charge < -0.3 is 10.4 Å². The predicted molar refractivity (Wildman–Crippen MR) is 62.2 cm³/mol. The van der Waals surface area contributed by atoms with E-state index in [1.54, 1.807) is 11.3 Å². The Balaban J connectivity index is 2.14. The lowest BCUT2D eigenvalue weighted by atomic mass is 9.97. The van der Waals surface area contributed by atoms with Crippen LogP contribution >= 0.6 is 11.3 Å². The fourth-order valence-corrected chi connectivity index (χ4v) is 3.17. The monoisotopic (exact) mass is 226 g/mol. The van der Waals surface area contributed by atoms with Gasteiger partial charge >= 0.3 is 0 Å². The Morgan fingerprint density at radius 3 is 3.20 bits per heavy atom. The number of nitrogens with one attached hydrogen (secondary N) is 1. The summed E-state index contributed by atoms with van der Waals surface area (Å²) in [5, 5.41) is 13.7. The summed E-state index contributed by atoms with van der Waals surface area (Å²) in [6, 6.07) is 0.574. The molecule has 2 rings (SSSR count). The molecule has 0 bridgehead atoms. The molecule has 1 aromatic heterocycles. The number of rotatable bonds is 3. The third-order valence-electron chi connectivity index (χ3n) is 2.82. The second kappa shape index (κ2) is 4.60. The van der Waals surface area contributed by atoms with Crippen molar-refractivity contribution < 1.29 is 5.11 Å². The van der Waals surface area contributed by atoms with Crippen molar-refractivity contribution in [2.75, 3.05) is 6.61 Å². The van der Waals surface area contributed by atoms with Crippen molar-refractivity contribution in [3.8, 4) is 0 Å². The quantitative estimate of drug-likeness (QED) is 0.826. The van der Waals surface area contributed by atoms with Crippen molar-refractivity contribution in [1.29, 1.82) is 0 Å². The molecule has 0 spiro atoms. The number of fused-ring (bicyclic) bond motifs is 1. The second-order valence-corrected chi connectivity index (χ2v) is 5.47. The molecule has 1 aromatic rings. The van der Waals surface area contributed by atoms with E-state index in [1.165, 1.54) is 23.4 Å². The molecule has 2 N–H and O–H groups in total. The first-order valence-electron chi connectivity index (χ1n) is 5.54. The SMILES string of the molecule is Cc1nc2c(s1)C(N[C@@H](C)CO)CCC2. The van der Waals surface area contributed by atoms with E-state index in [1.807, 2.05) is 6.92 Å². The maximum absolute atomic E-state index is 9.04. The summed E-state index contributed by atoms with van der Waals surface area (Å²) in [5.74, 6) is 0. The van der Waals surface area contributed by atoms with E-state index in [9.17, 15) is 0 Å². The maximum Gasteiger partial charge on any atom is 0.0900 e. The molecule has 0 saturated carbocycles. The van der Waals surface area contributed by atoms with E-state index in [4.69, 9.17) is 5.11 Å². The number of hydrogen-bond donors (Lipinski definition) is 2. The molecule has 0 saturated heterocycles. The van der Waals surface area contributed by atoms with Crippen LogP contribution in [0.25, 0.3) is 0 Å². The number of aliphatic hydroxyl groups is 1. The van der Waals surface area contributed by atoms with Crippen molar-refractivity contribution in [2.45, 2.75) is 45.2 Å². The summed E-state index contributed by atoms with van der Waals surface area (Å²) in [6.45, 7) is 4.28. The first-order chi connectivity index (χ1) is 7.20. The topological polar surface area (TPSA) is 45.2 Å². The zero-order valence-electron chi connectivity index (χ0n) is 9.29. The van der Waals surface area contributed by atoms with E-state index in [2.05, 4.69) is 17.2 Å². The number of aryl methyl sites for hydroxylation is 2. The fourth-order valence-electron chi connectivity index (χ4n) is 2.10. The van der Waals surface area contributed by atoms with Gasteiger partial charge in [-0.1, -0.05) is 0 Å². The Kier molecular flexibility index (Phi) is 3.38. The van der Waals surface area contributed by atoms with Crippen molar-refractivity contribution in [3.05, 3.63) is 15.6 Å². The van der Waals surface area contributed by atoms with Gasteiger partial charge in [-0.05, 0) is 33.1 Å². The van der Waals surface area contributed by atoms with Gasteiger partial charge in [0, 0.05) is 17.0 Å². The van der Waals surface area contributed by atoms with Crippen LogP contribution in [-0.4, -0.2) is 22.7 Å². The van der Waals surface area contributed by atoms with Gasteiger partial charge in [0.25, 0.3) is 0 Å². The van der Waals surface area contributed by atoms with E-state index in [0.29, 0.717) is 6.04 Å². The van der Waals surface area contributed by atoms with Crippen molar-refractivity contribution in [1.82, 2.24) is 10.3 Å². The van der Waals surface area contributed by atoms with E-state index < -0.39 is 0 Å². The van der Waals surface area contributed by atoms with E-state index >= 15 is 0 Å². The molecule has 0 aliphatic heterocycles. The standard InChI is InChI=1S/C11H18N2OS/c1-7(6-14)12-9-4-3-5-10-11(9)15-8(2)13-10/h7,9,12,14H,3-6H2,1-2H3/t7-,9?/m0/s1. The second-order valence-electron chi connectivity index (χ2n) is 4.24. The number of aromatic nitrogens is 1. The molecule has 1 heterocycles. The molecule has 0 amide bonds. The molecule has 0 aromatic carbocycles. The Labute approximate surface area is 94.5 Å². The van der Waals surface area contributed by atoms with Gasteiger partial charge in [-0.3, -0.25) is 0 Å². The number of thiazole rings is 1. The summed E-state index contributed by atoms with van der Waals surface area (Å²) in [6.07, 6.45) is 3.48. The molecule has 3 nitrogen and oxygen atoms in total. The summed E-state index contributed by atoms with van der Waals surface area (Å²) in [5.41, 5.74) is 1.27. The summed E-state index contributed by atoms with van der Waals surface area (Å²) in [7, 11) is 0. The fraction of sp³-hybridized carbons (Fsp3) is 0.727. The van der Waals surface area contributed by atoms with Gasteiger partial charge in [0.1, 0.15) is 0 Å². The highest BCUT2D eigenvalue weighted by Crippen LogP contribution is 2.34. The first kappa shape index (κ1) is 11.0. The lowest BCUT2D eigenvalue weighted by molar-refractivity contribution is 0.237. The van der Waals surface area contributed by atoms with Crippen molar-refractivity contribution in [3.63, 3.8) is 0 Å². The summed E-state index contributed by atoms with van der Waals surface area (Å²) in [4.78, 5) is 5.94. The van der Waals surface area contributed by atoms with Crippen LogP contribution < -0.4 is 5.32 Å². The molecule has 0 radical (unpaired) electrons.